The zero-order valence-corrected chi connectivity index (χ0v) is 9.70. The quantitative estimate of drug-likeness (QED) is 0.639. The Morgan fingerprint density at radius 1 is 0.765 bits per heavy atom. The van der Waals surface area contributed by atoms with E-state index in [9.17, 15) is 0 Å². The summed E-state index contributed by atoms with van der Waals surface area (Å²) >= 11 is 0. The van der Waals surface area contributed by atoms with Crippen LogP contribution in [-0.4, -0.2) is 0 Å². The lowest BCUT2D eigenvalue weighted by Gasteiger charge is -2.04. The van der Waals surface area contributed by atoms with Crippen LogP contribution in [0.15, 0.2) is 42.5 Å². The summed E-state index contributed by atoms with van der Waals surface area (Å²) in [4.78, 5) is 0. The van der Waals surface area contributed by atoms with Crippen molar-refractivity contribution >= 4 is 0 Å². The van der Waals surface area contributed by atoms with E-state index >= 15 is 0 Å². The van der Waals surface area contributed by atoms with Crippen molar-refractivity contribution in [2.45, 2.75) is 6.92 Å². The molecule has 2 rings (SSSR count). The maximum Gasteiger partial charge on any atom is 0.0261 e. The van der Waals surface area contributed by atoms with Gasteiger partial charge in [0.2, 0.25) is 0 Å². The number of benzene rings is 2. The number of hydrogen-bond acceptors (Lipinski definition) is 0. The molecule has 2 aromatic rings. The molecule has 0 spiro atoms. The van der Waals surface area contributed by atoms with E-state index in [1.165, 1.54) is 5.56 Å². The van der Waals surface area contributed by atoms with E-state index < -0.39 is 0 Å². The second kappa shape index (κ2) is 4.60. The summed E-state index contributed by atoms with van der Waals surface area (Å²) in [5, 5.41) is 0. The van der Waals surface area contributed by atoms with Gasteiger partial charge in [-0.15, -0.1) is 12.8 Å². The van der Waals surface area contributed by atoms with Crippen molar-refractivity contribution in [2.24, 2.45) is 0 Å². The smallest absolute Gasteiger partial charge is 0.0261 e. The Morgan fingerprint density at radius 2 is 1.29 bits per heavy atom. The molecule has 0 unspecified atom stereocenters. The van der Waals surface area contributed by atoms with E-state index in [1.54, 1.807) is 0 Å². The van der Waals surface area contributed by atoms with Crippen molar-refractivity contribution in [2.75, 3.05) is 0 Å². The Bertz CT molecular complexity index is 584. The maximum absolute atomic E-state index is 5.43. The van der Waals surface area contributed by atoms with Crippen LogP contribution in [0.3, 0.4) is 0 Å². The second-order valence-corrected chi connectivity index (χ2v) is 3.95. The van der Waals surface area contributed by atoms with Crippen LogP contribution in [0.2, 0.25) is 0 Å². The first-order valence-corrected chi connectivity index (χ1v) is 5.38. The summed E-state index contributed by atoms with van der Waals surface area (Å²) in [7, 11) is 0. The van der Waals surface area contributed by atoms with Crippen LogP contribution < -0.4 is 0 Å². The highest BCUT2D eigenvalue weighted by atomic mass is 14.0. The van der Waals surface area contributed by atoms with Gasteiger partial charge in [0, 0.05) is 11.1 Å². The molecule has 0 aliphatic heterocycles. The lowest BCUT2D eigenvalue weighted by molar-refractivity contribution is 1.46. The normalized spacial score (nSPS) is 9.35. The van der Waals surface area contributed by atoms with Gasteiger partial charge in [0.05, 0.1) is 0 Å². The second-order valence-electron chi connectivity index (χ2n) is 3.95. The number of hydrogen-bond donors (Lipinski definition) is 0. The van der Waals surface area contributed by atoms with Crippen LogP contribution in [0.5, 0.6) is 0 Å². The first kappa shape index (κ1) is 11.1. The van der Waals surface area contributed by atoms with Gasteiger partial charge in [0.15, 0.2) is 0 Å². The van der Waals surface area contributed by atoms with Crippen molar-refractivity contribution in [3.63, 3.8) is 0 Å². The molecule has 0 aromatic heterocycles. The fourth-order valence-electron chi connectivity index (χ4n) is 1.71. The van der Waals surface area contributed by atoms with E-state index in [0.717, 1.165) is 22.3 Å². The Morgan fingerprint density at radius 3 is 1.76 bits per heavy atom. The molecule has 80 valence electrons. The van der Waals surface area contributed by atoms with Crippen LogP contribution in [0.1, 0.15) is 16.7 Å². The summed E-state index contributed by atoms with van der Waals surface area (Å²) in [6, 6.07) is 14.1. The molecule has 0 saturated heterocycles. The molecule has 0 amide bonds. The minimum atomic E-state index is 0.816. The molecular formula is C17H12. The predicted molar refractivity (Wildman–Crippen MR) is 72.5 cm³/mol. The first-order valence-electron chi connectivity index (χ1n) is 5.38. The number of aryl methyl sites for hydroxylation is 1. The Balaban J connectivity index is 2.56. The first-order chi connectivity index (χ1) is 8.22. The van der Waals surface area contributed by atoms with E-state index in [-0.39, 0.29) is 0 Å². The predicted octanol–water partition coefficient (Wildman–Crippen LogP) is 3.62. The lowest BCUT2D eigenvalue weighted by atomic mass is 9.99. The van der Waals surface area contributed by atoms with E-state index in [4.69, 9.17) is 12.8 Å². The molecule has 0 N–H and O–H groups in total. The van der Waals surface area contributed by atoms with Crippen LogP contribution >= 0.6 is 0 Å². The van der Waals surface area contributed by atoms with Crippen LogP contribution in [-0.2, 0) is 0 Å². The summed E-state index contributed by atoms with van der Waals surface area (Å²) < 4.78 is 0. The Labute approximate surface area is 102 Å². The summed E-state index contributed by atoms with van der Waals surface area (Å²) in [5.41, 5.74) is 5.06. The van der Waals surface area contributed by atoms with E-state index in [0.29, 0.717) is 0 Å². The van der Waals surface area contributed by atoms with Crippen molar-refractivity contribution in [1.82, 2.24) is 0 Å². The lowest BCUT2D eigenvalue weighted by Crippen LogP contribution is -1.84. The van der Waals surface area contributed by atoms with Crippen LogP contribution in [0, 0.1) is 31.6 Å². The van der Waals surface area contributed by atoms with Crippen molar-refractivity contribution in [3.05, 3.63) is 59.2 Å². The highest BCUT2D eigenvalue weighted by molar-refractivity contribution is 5.68. The Hall–Kier alpha value is -2.44. The average molecular weight is 216 g/mol. The molecule has 0 atom stereocenters. The summed E-state index contributed by atoms with van der Waals surface area (Å²) in [5.74, 6) is 5.26. The molecule has 0 aliphatic carbocycles. The standard InChI is InChI=1S/C17H12/c1-4-14-10-15(5-2)12-17(11-14)16-8-6-13(3)7-9-16/h1-2,6-12H,3H3. The van der Waals surface area contributed by atoms with E-state index in [2.05, 4.69) is 43.0 Å². The zero-order chi connectivity index (χ0) is 12.3. The summed E-state index contributed by atoms with van der Waals surface area (Å²) in [6.07, 6.45) is 10.9. The third kappa shape index (κ3) is 2.39. The van der Waals surface area contributed by atoms with Crippen molar-refractivity contribution < 1.29 is 0 Å². The molecule has 0 aliphatic rings. The minimum absolute atomic E-state index is 0.816. The highest BCUT2D eigenvalue weighted by Crippen LogP contribution is 2.22. The average Bonchev–Trinajstić information content (AvgIpc) is 2.39. The highest BCUT2D eigenvalue weighted by Gasteiger charge is 2.01. The molecule has 0 heterocycles. The molecule has 2 aromatic carbocycles. The van der Waals surface area contributed by atoms with Gasteiger partial charge < -0.3 is 0 Å². The zero-order valence-electron chi connectivity index (χ0n) is 9.70. The number of rotatable bonds is 1. The molecular weight excluding hydrogens is 204 g/mol. The fraction of sp³-hybridized carbons (Fsp3) is 0.0588. The third-order valence-corrected chi connectivity index (χ3v) is 2.65. The minimum Gasteiger partial charge on any atom is -0.115 e. The largest absolute Gasteiger partial charge is 0.115 e. The molecule has 0 radical (unpaired) electrons. The van der Waals surface area contributed by atoms with Crippen molar-refractivity contribution in [3.8, 4) is 35.8 Å². The molecule has 0 saturated carbocycles. The van der Waals surface area contributed by atoms with Crippen LogP contribution in [0.4, 0.5) is 0 Å². The van der Waals surface area contributed by atoms with Gasteiger partial charge in [-0.25, -0.2) is 0 Å². The SMILES string of the molecule is C#Cc1cc(C#C)cc(-c2ccc(C)cc2)c1. The molecule has 17 heavy (non-hydrogen) atoms. The monoisotopic (exact) mass is 216 g/mol. The van der Waals surface area contributed by atoms with Gasteiger partial charge in [0.25, 0.3) is 0 Å². The van der Waals surface area contributed by atoms with Gasteiger partial charge in [-0.1, -0.05) is 41.7 Å². The maximum atomic E-state index is 5.43. The van der Waals surface area contributed by atoms with Crippen LogP contribution in [0.25, 0.3) is 11.1 Å². The molecule has 0 heteroatoms. The fourth-order valence-corrected chi connectivity index (χ4v) is 1.71. The molecule has 0 fully saturated rings. The topological polar surface area (TPSA) is 0 Å². The van der Waals surface area contributed by atoms with Gasteiger partial charge in [-0.2, -0.15) is 0 Å². The summed E-state index contributed by atoms with van der Waals surface area (Å²) in [6.45, 7) is 2.06. The van der Waals surface area contributed by atoms with Crippen molar-refractivity contribution in [1.29, 1.82) is 0 Å². The molecule has 0 nitrogen and oxygen atoms in total. The Kier molecular flexibility index (Phi) is 2.99. The molecule has 0 bridgehead atoms. The van der Waals surface area contributed by atoms with Gasteiger partial charge in [-0.05, 0) is 36.2 Å². The van der Waals surface area contributed by atoms with Gasteiger partial charge in [0.1, 0.15) is 0 Å². The van der Waals surface area contributed by atoms with Gasteiger partial charge >= 0.3 is 0 Å². The number of terminal acetylenes is 2. The van der Waals surface area contributed by atoms with E-state index in [1.807, 2.05) is 18.2 Å². The van der Waals surface area contributed by atoms with Gasteiger partial charge in [-0.3, -0.25) is 0 Å². The third-order valence-electron chi connectivity index (χ3n) is 2.65.